The number of nitrogens with two attached hydrogens (primary N) is 2. The highest BCUT2D eigenvalue weighted by molar-refractivity contribution is 7.80. The van der Waals surface area contributed by atoms with Gasteiger partial charge in [-0.3, -0.25) is 9.80 Å². The highest BCUT2D eigenvalue weighted by Gasteiger charge is 2.26. The molecule has 1 heterocycles. The van der Waals surface area contributed by atoms with Crippen molar-refractivity contribution < 1.29 is 24.1 Å². The van der Waals surface area contributed by atoms with Crippen molar-refractivity contribution >= 4 is 34.7 Å². The fraction of sp³-hybridized carbons (Fsp3) is 0.444. The lowest BCUT2D eigenvalue weighted by Gasteiger charge is -2.37. The second-order valence-corrected chi connectivity index (χ2v) is 6.97. The first-order chi connectivity index (χ1) is 14.3. The van der Waals surface area contributed by atoms with E-state index in [4.69, 9.17) is 33.6 Å². The molecule has 1 atom stereocenters. The van der Waals surface area contributed by atoms with E-state index in [1.165, 1.54) is 29.3 Å². The Bertz CT molecular complexity index is 788. The van der Waals surface area contributed by atoms with Crippen LogP contribution in [0.15, 0.2) is 30.1 Å². The molecule has 1 amide bonds. The summed E-state index contributed by atoms with van der Waals surface area (Å²) in [5, 5.41) is 22.5. The van der Waals surface area contributed by atoms with Crippen molar-refractivity contribution in [3.8, 4) is 0 Å². The number of carbonyl (C=O) groups is 1. The van der Waals surface area contributed by atoms with Crippen molar-refractivity contribution in [2.24, 2.45) is 11.6 Å². The molecule has 1 aliphatic heterocycles. The summed E-state index contributed by atoms with van der Waals surface area (Å²) < 4.78 is 19.5. The average Bonchev–Trinajstić information content (AvgIpc) is 2.76. The van der Waals surface area contributed by atoms with Gasteiger partial charge in [-0.15, -0.1) is 0 Å². The van der Waals surface area contributed by atoms with Gasteiger partial charge in [0.1, 0.15) is 5.82 Å². The normalized spacial score (nSPS) is 15.6. The molecule has 30 heavy (non-hydrogen) atoms. The lowest BCUT2D eigenvalue weighted by atomic mass is 10.2. The van der Waals surface area contributed by atoms with Crippen molar-refractivity contribution in [3.05, 3.63) is 35.9 Å². The van der Waals surface area contributed by atoms with Crippen molar-refractivity contribution in [2.45, 2.75) is 6.10 Å². The number of thiocarbonyl (C=S) groups is 1. The minimum atomic E-state index is -1.43. The number of rotatable bonds is 7. The number of nitrogens with one attached hydrogen (secondary N) is 1. The lowest BCUT2D eigenvalue weighted by Crippen LogP contribution is -2.52. The zero-order valence-electron chi connectivity index (χ0n) is 16.6. The van der Waals surface area contributed by atoms with Crippen molar-refractivity contribution in [1.82, 2.24) is 10.2 Å². The van der Waals surface area contributed by atoms with Crippen molar-refractivity contribution in [3.63, 3.8) is 0 Å². The highest BCUT2D eigenvalue weighted by Crippen LogP contribution is 2.25. The molecule has 10 nitrogen and oxygen atoms in total. The zero-order valence-corrected chi connectivity index (χ0v) is 17.4. The maximum absolute atomic E-state index is 14.7. The van der Waals surface area contributed by atoms with Gasteiger partial charge < -0.3 is 35.8 Å². The molecule has 7 N–H and O–H groups in total. The minimum Gasteiger partial charge on any atom is -0.474 e. The quantitative estimate of drug-likeness (QED) is 0.199. The number of anilines is 2. The standard InChI is InChI=1S/C18H27FN6O4S/c1-29-18(30)22-9-12(20)10-25(21)13-2-3-15(14(19)8-13)23-4-6-24(7-5-23)17(28)16(27)11-26/h2-3,8,10,16,26-27H,4-7,9,11,20-21H2,1H3,(H,22,30)/b12-10-. The molecule has 166 valence electrons. The molecule has 0 radical (unpaired) electrons. The fourth-order valence-electron chi connectivity index (χ4n) is 2.91. The molecular formula is C18H27FN6O4S. The number of halogens is 1. The zero-order chi connectivity index (χ0) is 22.3. The Labute approximate surface area is 179 Å². The number of carbonyl (C=O) groups excluding carboxylic acids is 1. The van der Waals surface area contributed by atoms with Crippen LogP contribution in [-0.4, -0.2) is 78.7 Å². The van der Waals surface area contributed by atoms with Gasteiger partial charge in [0.05, 0.1) is 31.6 Å². The molecule has 1 aromatic carbocycles. The summed E-state index contributed by atoms with van der Waals surface area (Å²) in [5.74, 6) is 4.94. The van der Waals surface area contributed by atoms with Crippen molar-refractivity contribution in [2.75, 3.05) is 56.3 Å². The number of hydrazine groups is 1. The Balaban J connectivity index is 1.99. The number of piperazine rings is 1. The first-order valence-corrected chi connectivity index (χ1v) is 9.61. The van der Waals surface area contributed by atoms with Crippen LogP contribution in [0.4, 0.5) is 15.8 Å². The molecule has 0 saturated carbocycles. The number of amides is 1. The SMILES string of the molecule is COC(=S)NC/C(N)=C/N(N)c1ccc(N2CCN(C(=O)C(O)CO)CC2)c(F)c1. The van der Waals surface area contributed by atoms with E-state index in [-0.39, 0.29) is 11.7 Å². The molecule has 0 bridgehead atoms. The number of methoxy groups -OCH3 is 1. The van der Waals surface area contributed by atoms with Crippen LogP contribution in [0.2, 0.25) is 0 Å². The summed E-state index contributed by atoms with van der Waals surface area (Å²) in [6, 6.07) is 4.55. The fourth-order valence-corrected chi connectivity index (χ4v) is 2.99. The van der Waals surface area contributed by atoms with E-state index < -0.39 is 24.4 Å². The van der Waals surface area contributed by atoms with Crippen LogP contribution in [0.5, 0.6) is 0 Å². The summed E-state index contributed by atoms with van der Waals surface area (Å²) in [4.78, 5) is 15.2. The molecule has 0 spiro atoms. The Morgan fingerprint density at radius 3 is 2.67 bits per heavy atom. The van der Waals surface area contributed by atoms with E-state index in [2.05, 4.69) is 5.32 Å². The van der Waals surface area contributed by atoms with Gasteiger partial charge in [-0.25, -0.2) is 10.2 Å². The van der Waals surface area contributed by atoms with Gasteiger partial charge in [0.25, 0.3) is 11.1 Å². The molecule has 1 aromatic rings. The number of hydrogen-bond donors (Lipinski definition) is 5. The Morgan fingerprint density at radius 1 is 1.43 bits per heavy atom. The average molecular weight is 443 g/mol. The predicted molar refractivity (Wildman–Crippen MR) is 115 cm³/mol. The first kappa shape index (κ1) is 23.6. The Morgan fingerprint density at radius 2 is 2.10 bits per heavy atom. The van der Waals surface area contributed by atoms with Gasteiger partial charge in [-0.2, -0.15) is 0 Å². The van der Waals surface area contributed by atoms with Crippen LogP contribution in [0.1, 0.15) is 0 Å². The summed E-state index contributed by atoms with van der Waals surface area (Å²) in [5.41, 5.74) is 7.01. The molecule has 1 unspecified atom stereocenters. The minimum absolute atomic E-state index is 0.193. The van der Waals surface area contributed by atoms with Gasteiger partial charge in [-0.05, 0) is 24.4 Å². The third-order valence-electron chi connectivity index (χ3n) is 4.55. The molecule has 0 aromatic heterocycles. The topological polar surface area (TPSA) is 141 Å². The highest BCUT2D eigenvalue weighted by atomic mass is 32.1. The maximum Gasteiger partial charge on any atom is 0.256 e. The predicted octanol–water partition coefficient (Wildman–Crippen LogP) is -1.17. The first-order valence-electron chi connectivity index (χ1n) is 9.21. The molecule has 1 fully saturated rings. The van der Waals surface area contributed by atoms with E-state index in [0.29, 0.717) is 43.3 Å². The number of aliphatic hydroxyl groups excluding tert-OH is 2. The van der Waals surface area contributed by atoms with E-state index in [0.717, 1.165) is 0 Å². The molecule has 1 saturated heterocycles. The third kappa shape index (κ3) is 6.16. The van der Waals surface area contributed by atoms with Crippen LogP contribution in [-0.2, 0) is 9.53 Å². The van der Waals surface area contributed by atoms with Gasteiger partial charge >= 0.3 is 0 Å². The number of aliphatic hydroxyl groups is 2. The summed E-state index contributed by atoms with van der Waals surface area (Å²) in [6.45, 7) is 1.01. The van der Waals surface area contributed by atoms with E-state index in [9.17, 15) is 14.3 Å². The van der Waals surface area contributed by atoms with Crippen LogP contribution in [0.25, 0.3) is 0 Å². The number of benzene rings is 1. The monoisotopic (exact) mass is 442 g/mol. The lowest BCUT2D eigenvalue weighted by molar-refractivity contribution is -0.142. The third-order valence-corrected chi connectivity index (χ3v) is 4.86. The number of ether oxygens (including phenoxy) is 1. The summed E-state index contributed by atoms with van der Waals surface area (Å²) in [7, 11) is 1.44. The largest absolute Gasteiger partial charge is 0.474 e. The Kier molecular flexibility index (Phi) is 8.59. The van der Waals surface area contributed by atoms with Crippen LogP contribution >= 0.6 is 12.2 Å². The molecular weight excluding hydrogens is 415 g/mol. The van der Waals surface area contributed by atoms with Crippen LogP contribution in [0.3, 0.4) is 0 Å². The molecule has 1 aliphatic rings. The van der Waals surface area contributed by atoms with Gasteiger partial charge in [-0.1, -0.05) is 0 Å². The van der Waals surface area contributed by atoms with Gasteiger partial charge in [0, 0.05) is 44.1 Å². The van der Waals surface area contributed by atoms with Crippen LogP contribution < -0.4 is 26.8 Å². The van der Waals surface area contributed by atoms with Crippen molar-refractivity contribution in [1.29, 1.82) is 0 Å². The second-order valence-electron chi connectivity index (χ2n) is 6.60. The van der Waals surface area contributed by atoms with E-state index in [1.807, 2.05) is 0 Å². The Hall–Kier alpha value is -2.67. The molecule has 0 aliphatic carbocycles. The molecule has 12 heteroatoms. The van der Waals surface area contributed by atoms with Crippen LogP contribution in [0, 0.1) is 5.82 Å². The summed E-state index contributed by atoms with van der Waals surface area (Å²) in [6.07, 6.45) is 0.0141. The maximum atomic E-state index is 14.7. The summed E-state index contributed by atoms with van der Waals surface area (Å²) >= 11 is 4.85. The van der Waals surface area contributed by atoms with E-state index >= 15 is 0 Å². The molecule has 2 rings (SSSR count). The van der Waals surface area contributed by atoms with Gasteiger partial charge in [0.15, 0.2) is 6.10 Å². The smallest absolute Gasteiger partial charge is 0.256 e. The second kappa shape index (κ2) is 10.9. The van der Waals surface area contributed by atoms with E-state index in [1.54, 1.807) is 17.0 Å². The number of nitrogens with zero attached hydrogens (tertiary/aromatic N) is 3. The van der Waals surface area contributed by atoms with Gasteiger partial charge in [0.2, 0.25) is 0 Å². The number of hydrogen-bond acceptors (Lipinski definition) is 9.